The number of carbonyl (C=O) groups is 1. The van der Waals surface area contributed by atoms with Crippen LogP contribution >= 0.6 is 0 Å². The van der Waals surface area contributed by atoms with Crippen LogP contribution < -0.4 is 5.32 Å². The summed E-state index contributed by atoms with van der Waals surface area (Å²) in [6.07, 6.45) is -1.71. The summed E-state index contributed by atoms with van der Waals surface area (Å²) in [7, 11) is 0. The Hall–Kier alpha value is -2.41. The zero-order valence-corrected chi connectivity index (χ0v) is 15.3. The van der Waals surface area contributed by atoms with Crippen molar-refractivity contribution >= 4 is 11.6 Å². The Balaban J connectivity index is 1.45. The van der Waals surface area contributed by atoms with Gasteiger partial charge in [0.1, 0.15) is 5.82 Å². The Morgan fingerprint density at radius 3 is 2.39 bits per heavy atom. The molecule has 1 aliphatic rings. The van der Waals surface area contributed by atoms with E-state index in [4.69, 9.17) is 0 Å². The number of halogens is 4. The number of nitrogens with zero attached hydrogens (tertiary/aromatic N) is 1. The van der Waals surface area contributed by atoms with Crippen LogP contribution in [-0.4, -0.2) is 30.4 Å². The fraction of sp³-hybridized carbons (Fsp3) is 0.381. The third-order valence-corrected chi connectivity index (χ3v) is 4.99. The molecule has 1 saturated heterocycles. The van der Waals surface area contributed by atoms with Crippen LogP contribution in [0, 0.1) is 11.7 Å². The predicted molar refractivity (Wildman–Crippen MR) is 99.3 cm³/mol. The normalized spacial score (nSPS) is 16.1. The second-order valence-corrected chi connectivity index (χ2v) is 7.18. The first-order chi connectivity index (χ1) is 13.3. The molecule has 3 rings (SSSR count). The Morgan fingerprint density at radius 2 is 1.75 bits per heavy atom. The van der Waals surface area contributed by atoms with Gasteiger partial charge in [0.15, 0.2) is 0 Å². The Kier molecular flexibility index (Phi) is 6.34. The van der Waals surface area contributed by atoms with E-state index >= 15 is 0 Å². The van der Waals surface area contributed by atoms with Crippen LogP contribution in [-0.2, 0) is 17.4 Å². The summed E-state index contributed by atoms with van der Waals surface area (Å²) < 4.78 is 51.2. The predicted octanol–water partition coefficient (Wildman–Crippen LogP) is 4.74. The molecule has 1 heterocycles. The fourth-order valence-electron chi connectivity index (χ4n) is 3.48. The number of amides is 1. The van der Waals surface area contributed by atoms with E-state index < -0.39 is 11.7 Å². The van der Waals surface area contributed by atoms with Gasteiger partial charge in [-0.3, -0.25) is 9.69 Å². The molecule has 2 aromatic rings. The van der Waals surface area contributed by atoms with Gasteiger partial charge in [-0.15, -0.1) is 0 Å². The molecular formula is C21H22F4N2O. The number of piperidine rings is 1. The van der Waals surface area contributed by atoms with Gasteiger partial charge >= 0.3 is 6.18 Å². The zero-order chi connectivity index (χ0) is 20.1. The first-order valence-corrected chi connectivity index (χ1v) is 9.23. The molecule has 2 aromatic carbocycles. The van der Waals surface area contributed by atoms with Crippen LogP contribution in [0.2, 0.25) is 0 Å². The van der Waals surface area contributed by atoms with Crippen molar-refractivity contribution in [2.75, 3.05) is 25.0 Å². The number of benzene rings is 2. The summed E-state index contributed by atoms with van der Waals surface area (Å²) in [4.78, 5) is 14.2. The summed E-state index contributed by atoms with van der Waals surface area (Å²) in [6, 6.07) is 11.1. The van der Waals surface area contributed by atoms with E-state index in [1.54, 1.807) is 12.1 Å². The van der Waals surface area contributed by atoms with Gasteiger partial charge in [0, 0.05) is 5.69 Å². The molecule has 150 valence electrons. The van der Waals surface area contributed by atoms with E-state index in [0.29, 0.717) is 5.92 Å². The topological polar surface area (TPSA) is 32.3 Å². The number of anilines is 1. The number of nitrogens with one attached hydrogen (secondary N) is 1. The molecule has 7 heteroatoms. The second-order valence-electron chi connectivity index (χ2n) is 7.18. The van der Waals surface area contributed by atoms with Crippen LogP contribution in [0.4, 0.5) is 23.2 Å². The van der Waals surface area contributed by atoms with E-state index in [1.807, 2.05) is 4.90 Å². The van der Waals surface area contributed by atoms with Gasteiger partial charge < -0.3 is 5.32 Å². The van der Waals surface area contributed by atoms with E-state index in [9.17, 15) is 22.4 Å². The third-order valence-electron chi connectivity index (χ3n) is 4.99. The molecule has 0 aromatic heterocycles. The Morgan fingerprint density at radius 1 is 1.07 bits per heavy atom. The molecule has 0 radical (unpaired) electrons. The number of hydrogen-bond donors (Lipinski definition) is 1. The van der Waals surface area contributed by atoms with Gasteiger partial charge in [-0.1, -0.05) is 18.2 Å². The smallest absolute Gasteiger partial charge is 0.325 e. The molecule has 1 N–H and O–H groups in total. The summed E-state index contributed by atoms with van der Waals surface area (Å²) in [6.45, 7) is 1.66. The van der Waals surface area contributed by atoms with Crippen LogP contribution in [0.1, 0.15) is 24.0 Å². The number of carbonyl (C=O) groups excluding carboxylic acids is 1. The minimum atomic E-state index is -4.44. The molecular weight excluding hydrogens is 372 g/mol. The molecule has 1 fully saturated rings. The number of rotatable bonds is 5. The molecule has 1 amide bonds. The highest BCUT2D eigenvalue weighted by Gasteiger charge is 2.30. The lowest BCUT2D eigenvalue weighted by Crippen LogP contribution is -2.39. The summed E-state index contributed by atoms with van der Waals surface area (Å²) in [5.74, 6) is -0.0881. The zero-order valence-electron chi connectivity index (χ0n) is 15.3. The van der Waals surface area contributed by atoms with Crippen molar-refractivity contribution in [2.45, 2.75) is 25.4 Å². The van der Waals surface area contributed by atoms with Crippen molar-refractivity contribution in [3.05, 3.63) is 65.5 Å². The second kappa shape index (κ2) is 8.73. The van der Waals surface area contributed by atoms with Crippen LogP contribution in [0.5, 0.6) is 0 Å². The first kappa shape index (κ1) is 20.3. The molecule has 0 unspecified atom stereocenters. The van der Waals surface area contributed by atoms with Gasteiger partial charge in [-0.25, -0.2) is 4.39 Å². The quantitative estimate of drug-likeness (QED) is 0.743. The average Bonchev–Trinajstić information content (AvgIpc) is 2.65. The first-order valence-electron chi connectivity index (χ1n) is 9.23. The van der Waals surface area contributed by atoms with Gasteiger partial charge in [0.05, 0.1) is 12.1 Å². The molecule has 3 nitrogen and oxygen atoms in total. The lowest BCUT2D eigenvalue weighted by molar-refractivity contribution is -0.137. The monoisotopic (exact) mass is 394 g/mol. The van der Waals surface area contributed by atoms with Crippen molar-refractivity contribution in [1.29, 1.82) is 0 Å². The minimum absolute atomic E-state index is 0.144. The molecule has 0 saturated carbocycles. The standard InChI is InChI=1S/C21H22F4N2O/c22-18-6-4-15(5-7-18)12-16-8-10-27(11-9-16)14-20(28)26-19-3-1-2-17(13-19)21(23,24)25/h1-7,13,16H,8-12,14H2,(H,26,28). The average molecular weight is 394 g/mol. The minimum Gasteiger partial charge on any atom is -0.325 e. The lowest BCUT2D eigenvalue weighted by atomic mass is 9.90. The largest absolute Gasteiger partial charge is 0.416 e. The van der Waals surface area contributed by atoms with Crippen molar-refractivity contribution in [1.82, 2.24) is 4.90 Å². The lowest BCUT2D eigenvalue weighted by Gasteiger charge is -2.31. The van der Waals surface area contributed by atoms with Crippen molar-refractivity contribution in [3.8, 4) is 0 Å². The highest BCUT2D eigenvalue weighted by atomic mass is 19.4. The van der Waals surface area contributed by atoms with Crippen LogP contribution in [0.25, 0.3) is 0 Å². The van der Waals surface area contributed by atoms with Gasteiger partial charge in [-0.05, 0) is 74.2 Å². The highest BCUT2D eigenvalue weighted by Crippen LogP contribution is 2.30. The molecule has 28 heavy (non-hydrogen) atoms. The van der Waals surface area contributed by atoms with Gasteiger partial charge in [0.2, 0.25) is 5.91 Å². The van der Waals surface area contributed by atoms with E-state index in [1.165, 1.54) is 24.3 Å². The van der Waals surface area contributed by atoms with Crippen molar-refractivity contribution in [3.63, 3.8) is 0 Å². The van der Waals surface area contributed by atoms with Crippen molar-refractivity contribution in [2.24, 2.45) is 5.92 Å². The molecule has 1 aliphatic heterocycles. The van der Waals surface area contributed by atoms with Crippen LogP contribution in [0.3, 0.4) is 0 Å². The van der Waals surface area contributed by atoms with Gasteiger partial charge in [0.25, 0.3) is 0 Å². The Labute approximate surface area is 161 Å². The summed E-state index contributed by atoms with van der Waals surface area (Å²) in [5.41, 5.74) is 0.458. The van der Waals surface area contributed by atoms with E-state index in [-0.39, 0.29) is 24.0 Å². The number of hydrogen-bond acceptors (Lipinski definition) is 2. The van der Waals surface area contributed by atoms with E-state index in [2.05, 4.69) is 5.32 Å². The number of likely N-dealkylation sites (tertiary alicyclic amines) is 1. The maximum atomic E-state index is 13.0. The summed E-state index contributed by atoms with van der Waals surface area (Å²) in [5, 5.41) is 2.54. The maximum Gasteiger partial charge on any atom is 0.416 e. The highest BCUT2D eigenvalue weighted by molar-refractivity contribution is 5.92. The molecule has 0 bridgehead atoms. The number of alkyl halides is 3. The van der Waals surface area contributed by atoms with Gasteiger partial charge in [-0.2, -0.15) is 13.2 Å². The fourth-order valence-corrected chi connectivity index (χ4v) is 3.48. The van der Waals surface area contributed by atoms with Crippen molar-refractivity contribution < 1.29 is 22.4 Å². The molecule has 0 aliphatic carbocycles. The van der Waals surface area contributed by atoms with Crippen LogP contribution in [0.15, 0.2) is 48.5 Å². The maximum absolute atomic E-state index is 13.0. The SMILES string of the molecule is O=C(CN1CCC(Cc2ccc(F)cc2)CC1)Nc1cccc(C(F)(F)F)c1. The molecule has 0 spiro atoms. The van der Waals surface area contributed by atoms with E-state index in [0.717, 1.165) is 50.0 Å². The summed E-state index contributed by atoms with van der Waals surface area (Å²) >= 11 is 0. The molecule has 0 atom stereocenters. The third kappa shape index (κ3) is 5.79. The Bertz CT molecular complexity index is 797.